The number of benzene rings is 2. The maximum atomic E-state index is 9.23. The summed E-state index contributed by atoms with van der Waals surface area (Å²) < 4.78 is 5.68. The molecule has 0 radical (unpaired) electrons. The highest BCUT2D eigenvalue weighted by Crippen LogP contribution is 2.22. The first-order valence-electron chi connectivity index (χ1n) is 6.43. The number of aromatic nitrogens is 1. The number of hydrogen-bond acceptors (Lipinski definition) is 3. The van der Waals surface area contributed by atoms with E-state index in [0.29, 0.717) is 23.1 Å². The molecule has 0 unspecified atom stereocenters. The summed E-state index contributed by atoms with van der Waals surface area (Å²) in [4.78, 5) is 4.41. The molecular weight excluding hydrogens is 284 g/mol. The molecule has 1 aromatic heterocycles. The van der Waals surface area contributed by atoms with Crippen molar-refractivity contribution in [2.24, 2.45) is 0 Å². The fourth-order valence-electron chi connectivity index (χ4n) is 2.07. The van der Waals surface area contributed by atoms with E-state index in [-0.39, 0.29) is 0 Å². The van der Waals surface area contributed by atoms with Crippen LogP contribution in [-0.4, -0.2) is 4.98 Å². The van der Waals surface area contributed by atoms with Crippen molar-refractivity contribution < 1.29 is 4.74 Å². The van der Waals surface area contributed by atoms with E-state index < -0.39 is 0 Å². The van der Waals surface area contributed by atoms with Gasteiger partial charge in [0, 0.05) is 10.4 Å². The van der Waals surface area contributed by atoms with Gasteiger partial charge in [0.1, 0.15) is 18.2 Å². The molecule has 4 heteroatoms. The number of ether oxygens (including phenoxy) is 1. The van der Waals surface area contributed by atoms with E-state index >= 15 is 0 Å². The quantitative estimate of drug-likeness (QED) is 0.722. The van der Waals surface area contributed by atoms with Gasteiger partial charge in [0.2, 0.25) is 5.88 Å². The maximum Gasteiger partial charge on any atom is 0.232 e. The topological polar surface area (TPSA) is 45.9 Å². The number of rotatable bonds is 3. The van der Waals surface area contributed by atoms with Gasteiger partial charge in [-0.05, 0) is 29.8 Å². The van der Waals surface area contributed by atoms with Crippen molar-refractivity contribution in [3.05, 3.63) is 70.7 Å². The third kappa shape index (κ3) is 2.96. The molecule has 0 atom stereocenters. The summed E-state index contributed by atoms with van der Waals surface area (Å²) in [7, 11) is 0. The first-order valence-corrected chi connectivity index (χ1v) is 6.81. The molecule has 1 heterocycles. The highest BCUT2D eigenvalue weighted by atomic mass is 35.5. The van der Waals surface area contributed by atoms with E-state index in [1.807, 2.05) is 42.5 Å². The average Bonchev–Trinajstić information content (AvgIpc) is 2.52. The Morgan fingerprint density at radius 1 is 1.10 bits per heavy atom. The van der Waals surface area contributed by atoms with Crippen molar-refractivity contribution in [1.82, 2.24) is 4.98 Å². The summed E-state index contributed by atoms with van der Waals surface area (Å²) in [6.07, 6.45) is 0. The Morgan fingerprint density at radius 2 is 1.95 bits per heavy atom. The van der Waals surface area contributed by atoms with Crippen LogP contribution in [0.15, 0.2) is 54.6 Å². The number of halogens is 1. The molecule has 21 heavy (non-hydrogen) atoms. The number of hydrogen-bond donors (Lipinski definition) is 0. The van der Waals surface area contributed by atoms with Crippen molar-refractivity contribution in [2.75, 3.05) is 0 Å². The van der Waals surface area contributed by atoms with Gasteiger partial charge in [0.15, 0.2) is 0 Å². The largest absolute Gasteiger partial charge is 0.472 e. The van der Waals surface area contributed by atoms with E-state index in [1.54, 1.807) is 12.1 Å². The minimum atomic E-state index is 0.320. The zero-order valence-corrected chi connectivity index (χ0v) is 11.8. The Labute approximate surface area is 127 Å². The average molecular weight is 295 g/mol. The van der Waals surface area contributed by atoms with Gasteiger partial charge in [-0.25, -0.2) is 4.98 Å². The highest BCUT2D eigenvalue weighted by molar-refractivity contribution is 6.30. The lowest BCUT2D eigenvalue weighted by molar-refractivity contribution is 0.294. The minimum Gasteiger partial charge on any atom is -0.472 e. The molecule has 0 aliphatic carbocycles. The van der Waals surface area contributed by atoms with Gasteiger partial charge in [-0.1, -0.05) is 41.9 Å². The Balaban J connectivity index is 1.91. The van der Waals surface area contributed by atoms with Crippen LogP contribution in [0.2, 0.25) is 5.02 Å². The lowest BCUT2D eigenvalue weighted by atomic mass is 10.1. The summed E-state index contributed by atoms with van der Waals surface area (Å²) in [5.41, 5.74) is 2.16. The molecule has 0 aliphatic heterocycles. The zero-order chi connectivity index (χ0) is 14.7. The second-order valence-electron chi connectivity index (χ2n) is 4.56. The van der Waals surface area contributed by atoms with Crippen molar-refractivity contribution in [3.8, 4) is 11.9 Å². The molecule has 0 fully saturated rings. The summed E-state index contributed by atoms with van der Waals surface area (Å²) in [6.45, 7) is 0.320. The van der Waals surface area contributed by atoms with Gasteiger partial charge in [-0.2, -0.15) is 5.26 Å². The van der Waals surface area contributed by atoms with E-state index in [4.69, 9.17) is 16.3 Å². The molecule has 2 aromatic carbocycles. The van der Waals surface area contributed by atoms with E-state index in [2.05, 4.69) is 11.1 Å². The Morgan fingerprint density at radius 3 is 2.76 bits per heavy atom. The molecule has 0 saturated heterocycles. The van der Waals surface area contributed by atoms with Crippen molar-refractivity contribution >= 4 is 22.5 Å². The van der Waals surface area contributed by atoms with Crippen molar-refractivity contribution in [3.63, 3.8) is 0 Å². The predicted molar refractivity (Wildman–Crippen MR) is 82.2 cm³/mol. The number of pyridine rings is 1. The Bertz CT molecular complexity index is 840. The number of nitrogens with zero attached hydrogens (tertiary/aromatic N) is 2. The van der Waals surface area contributed by atoms with Gasteiger partial charge >= 0.3 is 0 Å². The predicted octanol–water partition coefficient (Wildman–Crippen LogP) is 4.34. The molecule has 0 amide bonds. The van der Waals surface area contributed by atoms with Gasteiger partial charge < -0.3 is 4.74 Å². The lowest BCUT2D eigenvalue weighted by Gasteiger charge is -2.08. The molecule has 102 valence electrons. The molecule has 3 nitrogen and oxygen atoms in total. The molecular formula is C17H11ClN2O. The molecule has 0 aliphatic rings. The van der Waals surface area contributed by atoms with Gasteiger partial charge in [-0.15, -0.1) is 0 Å². The lowest BCUT2D eigenvalue weighted by Crippen LogP contribution is -2.00. The first kappa shape index (κ1) is 13.4. The van der Waals surface area contributed by atoms with Crippen LogP contribution in [0.1, 0.15) is 11.1 Å². The third-order valence-electron chi connectivity index (χ3n) is 3.07. The summed E-state index contributed by atoms with van der Waals surface area (Å²) >= 11 is 5.94. The monoisotopic (exact) mass is 294 g/mol. The van der Waals surface area contributed by atoms with Crippen LogP contribution in [0.5, 0.6) is 5.88 Å². The van der Waals surface area contributed by atoms with E-state index in [9.17, 15) is 5.26 Å². The van der Waals surface area contributed by atoms with Crippen LogP contribution in [0.4, 0.5) is 0 Å². The highest BCUT2D eigenvalue weighted by Gasteiger charge is 2.08. The first-order chi connectivity index (χ1) is 10.3. The maximum absolute atomic E-state index is 9.23. The number of fused-ring (bicyclic) bond motifs is 1. The molecule has 0 spiro atoms. The fraction of sp³-hybridized carbons (Fsp3) is 0.0588. The molecule has 3 rings (SSSR count). The second-order valence-corrected chi connectivity index (χ2v) is 5.00. The standard InChI is InChI=1S/C17H11ClN2O/c18-15-6-3-4-12(8-15)11-21-17-14(10-19)9-13-5-1-2-7-16(13)20-17/h1-9H,11H2. The SMILES string of the molecule is N#Cc1cc2ccccc2nc1OCc1cccc(Cl)c1. The van der Waals surface area contributed by atoms with Crippen LogP contribution in [0.25, 0.3) is 10.9 Å². The van der Waals surface area contributed by atoms with Crippen LogP contribution in [-0.2, 0) is 6.61 Å². The Hall–Kier alpha value is -2.57. The second kappa shape index (κ2) is 5.82. The van der Waals surface area contributed by atoms with Crippen LogP contribution >= 0.6 is 11.6 Å². The zero-order valence-electron chi connectivity index (χ0n) is 11.1. The normalized spacial score (nSPS) is 10.3. The fourth-order valence-corrected chi connectivity index (χ4v) is 2.28. The summed E-state index contributed by atoms with van der Waals surface area (Å²) in [5, 5.41) is 10.8. The van der Waals surface area contributed by atoms with E-state index in [0.717, 1.165) is 16.5 Å². The van der Waals surface area contributed by atoms with Crippen molar-refractivity contribution in [1.29, 1.82) is 5.26 Å². The van der Waals surface area contributed by atoms with Crippen molar-refractivity contribution in [2.45, 2.75) is 6.61 Å². The smallest absolute Gasteiger partial charge is 0.232 e. The van der Waals surface area contributed by atoms with Gasteiger partial charge in [0.25, 0.3) is 0 Å². The van der Waals surface area contributed by atoms with Crippen LogP contribution in [0.3, 0.4) is 0 Å². The van der Waals surface area contributed by atoms with E-state index in [1.165, 1.54) is 0 Å². The summed E-state index contributed by atoms with van der Waals surface area (Å²) in [6, 6.07) is 19.0. The number of nitriles is 1. The summed E-state index contributed by atoms with van der Waals surface area (Å²) in [5.74, 6) is 0.344. The van der Waals surface area contributed by atoms with Crippen LogP contribution < -0.4 is 4.74 Å². The molecule has 0 bridgehead atoms. The van der Waals surface area contributed by atoms with Gasteiger partial charge in [0.05, 0.1) is 5.52 Å². The molecule has 0 N–H and O–H groups in total. The van der Waals surface area contributed by atoms with Crippen LogP contribution in [0, 0.1) is 11.3 Å². The van der Waals surface area contributed by atoms with Gasteiger partial charge in [-0.3, -0.25) is 0 Å². The minimum absolute atomic E-state index is 0.320. The Kier molecular flexibility index (Phi) is 3.72. The number of para-hydroxylation sites is 1. The third-order valence-corrected chi connectivity index (χ3v) is 3.31. The molecule has 3 aromatic rings. The molecule has 0 saturated carbocycles.